The van der Waals surface area contributed by atoms with Crippen molar-refractivity contribution in [3.63, 3.8) is 0 Å². The highest BCUT2D eigenvalue weighted by Crippen LogP contribution is 2.41. The van der Waals surface area contributed by atoms with Gasteiger partial charge in [-0.1, -0.05) is 49.4 Å². The summed E-state index contributed by atoms with van der Waals surface area (Å²) in [5.41, 5.74) is 2.44. The zero-order valence-electron chi connectivity index (χ0n) is 19.5. The van der Waals surface area contributed by atoms with Gasteiger partial charge < -0.3 is 14.4 Å². The van der Waals surface area contributed by atoms with Crippen LogP contribution in [0.25, 0.3) is 0 Å². The molecule has 1 saturated heterocycles. The highest BCUT2D eigenvalue weighted by Gasteiger charge is 2.36. The second-order valence-corrected chi connectivity index (χ2v) is 9.00. The van der Waals surface area contributed by atoms with E-state index in [1.165, 1.54) is 11.1 Å². The number of hydrogen-bond donors (Lipinski definition) is 0. The zero-order valence-corrected chi connectivity index (χ0v) is 19.5. The van der Waals surface area contributed by atoms with Gasteiger partial charge in [0.15, 0.2) is 0 Å². The smallest absolute Gasteiger partial charge is 0.219 e. The van der Waals surface area contributed by atoms with Crippen molar-refractivity contribution in [2.24, 2.45) is 5.92 Å². The summed E-state index contributed by atoms with van der Waals surface area (Å²) in [4.78, 5) is 14.4. The topological polar surface area (TPSA) is 38.8 Å². The number of benzene rings is 2. The van der Waals surface area contributed by atoms with Gasteiger partial charge in [0.25, 0.3) is 0 Å². The van der Waals surface area contributed by atoms with Gasteiger partial charge in [-0.25, -0.2) is 0 Å². The lowest BCUT2D eigenvalue weighted by Crippen LogP contribution is -2.39. The fraction of sp³-hybridized carbons (Fsp3) is 0.519. The molecule has 0 aromatic heterocycles. The first-order valence-electron chi connectivity index (χ1n) is 11.5. The van der Waals surface area contributed by atoms with Gasteiger partial charge in [0.05, 0.1) is 12.7 Å². The maximum atomic E-state index is 12.4. The number of ether oxygens (including phenoxy) is 2. The van der Waals surface area contributed by atoms with Crippen LogP contribution >= 0.6 is 0 Å². The van der Waals surface area contributed by atoms with E-state index >= 15 is 0 Å². The molecule has 1 amide bonds. The lowest BCUT2D eigenvalue weighted by molar-refractivity contribution is -0.129. The van der Waals surface area contributed by atoms with Crippen LogP contribution in [0.4, 0.5) is 0 Å². The molecule has 4 nitrogen and oxygen atoms in total. The second kappa shape index (κ2) is 10.8. The number of carbonyl (C=O) groups is 1. The summed E-state index contributed by atoms with van der Waals surface area (Å²) in [5, 5.41) is 0. The third-order valence-corrected chi connectivity index (χ3v) is 6.87. The number of methoxy groups -OCH3 is 1. The Balaban J connectivity index is 1.78. The molecule has 1 fully saturated rings. The molecule has 4 heteroatoms. The minimum atomic E-state index is -0.0576. The van der Waals surface area contributed by atoms with E-state index in [-0.39, 0.29) is 11.5 Å². The molecule has 0 unspecified atom stereocenters. The van der Waals surface area contributed by atoms with Gasteiger partial charge in [-0.15, -0.1) is 0 Å². The minimum absolute atomic E-state index is 0.0576. The molecule has 1 aliphatic rings. The quantitative estimate of drug-likeness (QED) is 0.511. The van der Waals surface area contributed by atoms with Gasteiger partial charge in [-0.3, -0.25) is 4.79 Å². The van der Waals surface area contributed by atoms with E-state index < -0.39 is 0 Å². The first kappa shape index (κ1) is 23.3. The van der Waals surface area contributed by atoms with Crippen molar-refractivity contribution in [2.45, 2.75) is 64.5 Å². The van der Waals surface area contributed by atoms with Gasteiger partial charge in [-0.05, 0) is 67.7 Å². The van der Waals surface area contributed by atoms with E-state index in [4.69, 9.17) is 9.47 Å². The summed E-state index contributed by atoms with van der Waals surface area (Å²) in [6.45, 7) is 8.34. The normalized spacial score (nSPS) is 22.0. The molecule has 3 rings (SSSR count). The van der Waals surface area contributed by atoms with E-state index in [9.17, 15) is 4.79 Å². The van der Waals surface area contributed by atoms with Crippen molar-refractivity contribution < 1.29 is 14.3 Å². The number of amides is 1. The summed E-state index contributed by atoms with van der Waals surface area (Å²) >= 11 is 0. The van der Waals surface area contributed by atoms with Crippen molar-refractivity contribution in [3.05, 3.63) is 65.7 Å². The van der Waals surface area contributed by atoms with Crippen LogP contribution in [0, 0.1) is 5.92 Å². The van der Waals surface area contributed by atoms with Crippen LogP contribution in [0.3, 0.4) is 0 Å². The average molecular weight is 424 g/mol. The van der Waals surface area contributed by atoms with Crippen molar-refractivity contribution in [1.29, 1.82) is 0 Å². The highest BCUT2D eigenvalue weighted by molar-refractivity contribution is 5.73. The van der Waals surface area contributed by atoms with Crippen LogP contribution in [-0.2, 0) is 16.1 Å². The second-order valence-electron chi connectivity index (χ2n) is 9.00. The maximum Gasteiger partial charge on any atom is 0.219 e. The van der Waals surface area contributed by atoms with Gasteiger partial charge in [0, 0.05) is 26.6 Å². The minimum Gasteiger partial charge on any atom is -0.497 e. The molecule has 31 heavy (non-hydrogen) atoms. The highest BCUT2D eigenvalue weighted by atomic mass is 16.5. The Labute approximate surface area is 187 Å². The number of hydrogen-bond acceptors (Lipinski definition) is 3. The van der Waals surface area contributed by atoms with E-state index in [2.05, 4.69) is 38.1 Å². The predicted molar refractivity (Wildman–Crippen MR) is 125 cm³/mol. The first-order chi connectivity index (χ1) is 14.9. The molecule has 1 heterocycles. The van der Waals surface area contributed by atoms with Gasteiger partial charge in [0.1, 0.15) is 5.75 Å². The monoisotopic (exact) mass is 423 g/mol. The van der Waals surface area contributed by atoms with Gasteiger partial charge in [0.2, 0.25) is 5.91 Å². The van der Waals surface area contributed by atoms with Crippen LogP contribution in [-0.4, -0.2) is 36.7 Å². The summed E-state index contributed by atoms with van der Waals surface area (Å²) in [6, 6.07) is 18.7. The Bertz CT molecular complexity index is 820. The molecule has 0 radical (unpaired) electrons. The number of carbonyl (C=O) groups excluding carboxylic acids is 1. The largest absolute Gasteiger partial charge is 0.497 e. The molecule has 168 valence electrons. The van der Waals surface area contributed by atoms with Gasteiger partial charge >= 0.3 is 0 Å². The molecule has 1 aliphatic heterocycles. The zero-order chi connectivity index (χ0) is 22.3. The maximum absolute atomic E-state index is 12.4. The number of nitrogens with zero attached hydrogens (tertiary/aromatic N) is 1. The molecule has 0 spiro atoms. The van der Waals surface area contributed by atoms with Crippen molar-refractivity contribution in [2.75, 3.05) is 20.3 Å². The van der Waals surface area contributed by atoms with Crippen LogP contribution in [0.2, 0.25) is 0 Å². The summed E-state index contributed by atoms with van der Waals surface area (Å²) in [5.74, 6) is 1.93. The average Bonchev–Trinajstić information content (AvgIpc) is 2.79. The van der Waals surface area contributed by atoms with Gasteiger partial charge in [-0.2, -0.15) is 0 Å². The molecular weight excluding hydrogens is 386 g/mol. The molecule has 0 N–H and O–H groups in total. The fourth-order valence-electron chi connectivity index (χ4n) is 4.73. The summed E-state index contributed by atoms with van der Waals surface area (Å²) in [6.07, 6.45) is 4.08. The molecule has 0 saturated carbocycles. The molecule has 0 aliphatic carbocycles. The summed E-state index contributed by atoms with van der Waals surface area (Å²) < 4.78 is 11.5. The van der Waals surface area contributed by atoms with Crippen LogP contribution in [0.15, 0.2) is 54.6 Å². The molecule has 0 bridgehead atoms. The third kappa shape index (κ3) is 6.33. The van der Waals surface area contributed by atoms with Crippen molar-refractivity contribution in [3.8, 4) is 5.75 Å². The molecule has 2 aromatic rings. The lowest BCUT2D eigenvalue weighted by atomic mass is 9.74. The van der Waals surface area contributed by atoms with E-state index in [0.29, 0.717) is 18.4 Å². The van der Waals surface area contributed by atoms with E-state index in [0.717, 1.165) is 44.6 Å². The third-order valence-electron chi connectivity index (χ3n) is 6.87. The molecule has 2 aromatic carbocycles. The van der Waals surface area contributed by atoms with Crippen molar-refractivity contribution >= 4 is 5.91 Å². The predicted octanol–water partition coefficient (Wildman–Crippen LogP) is 5.81. The standard InChI is InChI=1S/C27H37NO3/c1-5-27(3)19-24(16-18-31-27)26(23-11-13-25(30-4)14-12-23)15-17-28(21(2)29)20-22-9-7-6-8-10-22/h6-14,24,26H,5,15-20H2,1-4H3/t24-,26+,27-/m1/s1. The van der Waals surface area contributed by atoms with Crippen LogP contribution in [0.5, 0.6) is 5.75 Å². The lowest BCUT2D eigenvalue weighted by Gasteiger charge is -2.41. The van der Waals surface area contributed by atoms with E-state index in [1.807, 2.05) is 35.2 Å². The molecule has 3 atom stereocenters. The fourth-order valence-corrected chi connectivity index (χ4v) is 4.73. The summed E-state index contributed by atoms with van der Waals surface area (Å²) in [7, 11) is 1.70. The van der Waals surface area contributed by atoms with Crippen LogP contribution in [0.1, 0.15) is 63.5 Å². The Kier molecular flexibility index (Phi) is 8.14. The Hall–Kier alpha value is -2.33. The van der Waals surface area contributed by atoms with Crippen molar-refractivity contribution in [1.82, 2.24) is 4.90 Å². The van der Waals surface area contributed by atoms with Crippen LogP contribution < -0.4 is 4.74 Å². The Morgan fingerprint density at radius 1 is 1.19 bits per heavy atom. The Morgan fingerprint density at radius 2 is 1.90 bits per heavy atom. The Morgan fingerprint density at radius 3 is 2.52 bits per heavy atom. The first-order valence-corrected chi connectivity index (χ1v) is 11.5. The van der Waals surface area contributed by atoms with E-state index in [1.54, 1.807) is 14.0 Å². The SMILES string of the molecule is CC[C@]1(C)C[C@H]([C@@H](CCN(Cc2ccccc2)C(C)=O)c2ccc(OC)cc2)CCO1. The molecular formula is C27H37NO3. The number of rotatable bonds is 9.